The Hall–Kier alpha value is -2.70. The van der Waals surface area contributed by atoms with Gasteiger partial charge in [0.05, 0.1) is 29.3 Å². The molecule has 2 aromatic carbocycles. The molecule has 0 bridgehead atoms. The van der Waals surface area contributed by atoms with Crippen LogP contribution < -0.4 is 0 Å². The fraction of sp³-hybridized carbons (Fsp3) is 0.440. The quantitative estimate of drug-likeness (QED) is 0.117. The number of rotatable bonds is 12. The Balaban J connectivity index is 2.52. The van der Waals surface area contributed by atoms with Crippen LogP contribution in [0.2, 0.25) is 18.1 Å². The minimum absolute atomic E-state index is 0.0460. The normalized spacial score (nSPS) is 14.6. The Kier molecular flexibility index (Phi) is 10.1. The molecule has 2 aromatic rings. The third-order valence-electron chi connectivity index (χ3n) is 6.29. The van der Waals surface area contributed by atoms with Gasteiger partial charge >= 0.3 is 12.4 Å². The minimum Gasteiger partial charge on any atom is -0.401 e. The molecule has 1 unspecified atom stereocenters. The summed E-state index contributed by atoms with van der Waals surface area (Å²) in [6.07, 6.45) is -8.03. The molecule has 0 aliphatic rings. The first-order chi connectivity index (χ1) is 17.2. The van der Waals surface area contributed by atoms with Crippen molar-refractivity contribution in [2.75, 3.05) is 6.61 Å². The zero-order valence-electron chi connectivity index (χ0n) is 20.7. The highest BCUT2D eigenvalue weighted by molar-refractivity contribution is 6.73. The predicted octanol–water partition coefficient (Wildman–Crippen LogP) is 7.95. The fourth-order valence-corrected chi connectivity index (χ4v) is 6.98. The van der Waals surface area contributed by atoms with E-state index < -0.39 is 48.9 Å². The monoisotopic (exact) mass is 549 g/mol. The zero-order chi connectivity index (χ0) is 27.9. The van der Waals surface area contributed by atoms with E-state index in [-0.39, 0.29) is 18.2 Å². The second-order valence-electron chi connectivity index (χ2n) is 8.61. The first-order valence-corrected chi connectivity index (χ1v) is 14.2. The molecule has 0 radical (unpaired) electrons. The van der Waals surface area contributed by atoms with E-state index in [4.69, 9.17) is 9.16 Å². The number of benzene rings is 2. The van der Waals surface area contributed by atoms with Crippen LogP contribution in [0.15, 0.2) is 60.8 Å². The first kappa shape index (κ1) is 30.5. The van der Waals surface area contributed by atoms with Gasteiger partial charge in [-0.15, -0.1) is 0 Å². The summed E-state index contributed by atoms with van der Waals surface area (Å²) >= 11 is 0. The van der Waals surface area contributed by atoms with Crippen molar-refractivity contribution < 1.29 is 40.4 Å². The Labute approximate surface area is 212 Å². The van der Waals surface area contributed by atoms with E-state index in [0.717, 1.165) is 0 Å². The van der Waals surface area contributed by atoms with Crippen molar-refractivity contribution in [3.05, 3.63) is 93.2 Å². The molecule has 2 rings (SSSR count). The summed E-state index contributed by atoms with van der Waals surface area (Å²) in [5.74, 6) is 0. The van der Waals surface area contributed by atoms with Gasteiger partial charge in [-0.2, -0.15) is 26.3 Å². The van der Waals surface area contributed by atoms with Crippen LogP contribution in [0.25, 0.3) is 0 Å². The molecule has 12 heteroatoms. The lowest BCUT2D eigenvalue weighted by molar-refractivity contribution is -0.403. The van der Waals surface area contributed by atoms with Crippen molar-refractivity contribution in [3.8, 4) is 0 Å². The van der Waals surface area contributed by atoms with E-state index in [1.165, 1.54) is 6.08 Å². The van der Waals surface area contributed by atoms with Crippen LogP contribution in [0.1, 0.15) is 43.0 Å². The van der Waals surface area contributed by atoms with Gasteiger partial charge in [0.1, 0.15) is 5.60 Å². The van der Waals surface area contributed by atoms with Gasteiger partial charge in [0.25, 0.3) is 0 Å². The molecular weight excluding hydrogens is 520 g/mol. The highest BCUT2D eigenvalue weighted by atomic mass is 28.4. The van der Waals surface area contributed by atoms with E-state index >= 15 is 0 Å². The molecule has 0 aromatic heterocycles. The molecule has 5 nitrogen and oxygen atoms in total. The first-order valence-electron chi connectivity index (χ1n) is 11.6. The van der Waals surface area contributed by atoms with Gasteiger partial charge in [0.15, 0.2) is 8.32 Å². The smallest absolute Gasteiger partial charge is 0.401 e. The highest BCUT2D eigenvalue weighted by Crippen LogP contribution is 2.38. The van der Waals surface area contributed by atoms with Gasteiger partial charge in [-0.1, -0.05) is 51.1 Å². The number of hydrogen-bond donors (Lipinski definition) is 0. The third kappa shape index (κ3) is 8.14. The third-order valence-corrected chi connectivity index (χ3v) is 11.0. The molecule has 0 heterocycles. The van der Waals surface area contributed by atoms with Crippen LogP contribution in [-0.2, 0) is 33.7 Å². The molecule has 1 atom stereocenters. The summed E-state index contributed by atoms with van der Waals surface area (Å²) in [5, 5.41) is 11.2. The molecule has 0 aliphatic carbocycles. The lowest BCUT2D eigenvalue weighted by atomic mass is 9.94. The molecule has 0 N–H and O–H groups in total. The second-order valence-corrected chi connectivity index (χ2v) is 13.3. The highest BCUT2D eigenvalue weighted by Gasteiger charge is 2.42. The van der Waals surface area contributed by atoms with Crippen molar-refractivity contribution >= 4 is 8.32 Å². The molecule has 37 heavy (non-hydrogen) atoms. The fourth-order valence-electron chi connectivity index (χ4n) is 4.03. The van der Waals surface area contributed by atoms with Gasteiger partial charge in [0, 0.05) is 6.08 Å². The largest absolute Gasteiger partial charge is 0.416 e. The van der Waals surface area contributed by atoms with Gasteiger partial charge in [0.2, 0.25) is 6.20 Å². The Morgan fingerprint density at radius 3 is 1.81 bits per heavy atom. The summed E-state index contributed by atoms with van der Waals surface area (Å²) < 4.78 is 91.8. The molecule has 0 aliphatic heterocycles. The predicted molar refractivity (Wildman–Crippen MR) is 129 cm³/mol. The molecule has 0 fully saturated rings. The van der Waals surface area contributed by atoms with E-state index in [1.807, 2.05) is 20.8 Å². The lowest BCUT2D eigenvalue weighted by Gasteiger charge is -2.40. The van der Waals surface area contributed by atoms with Crippen molar-refractivity contribution in [2.24, 2.45) is 0 Å². The Bertz CT molecular complexity index is 1030. The lowest BCUT2D eigenvalue weighted by Crippen LogP contribution is -2.47. The summed E-state index contributed by atoms with van der Waals surface area (Å²) in [4.78, 5) is 10.6. The van der Waals surface area contributed by atoms with E-state index in [1.54, 1.807) is 30.3 Å². The van der Waals surface area contributed by atoms with Crippen molar-refractivity contribution in [3.63, 3.8) is 0 Å². The van der Waals surface area contributed by atoms with E-state index in [9.17, 15) is 36.5 Å². The van der Waals surface area contributed by atoms with Crippen LogP contribution in [0.4, 0.5) is 26.3 Å². The molecule has 0 saturated heterocycles. The van der Waals surface area contributed by atoms with Crippen molar-refractivity contribution in [1.29, 1.82) is 0 Å². The number of ether oxygens (including phenoxy) is 1. The van der Waals surface area contributed by atoms with Crippen LogP contribution in [0.5, 0.6) is 0 Å². The van der Waals surface area contributed by atoms with Crippen molar-refractivity contribution in [1.82, 2.24) is 0 Å². The van der Waals surface area contributed by atoms with Crippen LogP contribution >= 0.6 is 0 Å². The summed E-state index contributed by atoms with van der Waals surface area (Å²) in [6, 6.07) is 11.8. The van der Waals surface area contributed by atoms with Crippen LogP contribution in [-0.4, -0.2) is 19.8 Å². The SMILES string of the molecule is CC[Si](CC)(CC)OC(C=C[N+](=O)[O-])(COCc1cc(C(F)(F)F)cc(C(F)(F)F)c1)c1ccccc1. The van der Waals surface area contributed by atoms with Gasteiger partial charge in [-0.3, -0.25) is 10.1 Å². The number of nitro groups is 1. The Morgan fingerprint density at radius 2 is 1.38 bits per heavy atom. The van der Waals surface area contributed by atoms with Crippen molar-refractivity contribution in [2.45, 2.75) is 63.5 Å². The molecule has 0 saturated carbocycles. The van der Waals surface area contributed by atoms with E-state index in [0.29, 0.717) is 42.0 Å². The number of alkyl halides is 6. The maximum absolute atomic E-state index is 13.3. The standard InChI is InChI=1S/C25H29F6NO4Si/c1-4-37(5-2,6-3)36-23(12-13-32(33)34,20-10-8-7-9-11-20)18-35-17-19-14-21(24(26,27)28)16-22(15-19)25(29,30)31/h7-16H,4-6,17-18H2,1-3H3. The van der Waals surface area contributed by atoms with Crippen LogP contribution in [0, 0.1) is 10.1 Å². The molecular formula is C25H29F6NO4Si. The molecule has 0 amide bonds. The number of hydrogen-bond acceptors (Lipinski definition) is 4. The number of nitrogens with zero attached hydrogens (tertiary/aromatic N) is 1. The van der Waals surface area contributed by atoms with Crippen LogP contribution in [0.3, 0.4) is 0 Å². The summed E-state index contributed by atoms with van der Waals surface area (Å²) in [5.41, 5.74) is -4.20. The van der Waals surface area contributed by atoms with E-state index in [2.05, 4.69) is 0 Å². The zero-order valence-corrected chi connectivity index (χ0v) is 21.7. The Morgan fingerprint density at radius 1 is 0.865 bits per heavy atom. The van der Waals surface area contributed by atoms with Gasteiger partial charge in [-0.05, 0) is 47.5 Å². The average Bonchev–Trinajstić information content (AvgIpc) is 2.85. The van der Waals surface area contributed by atoms with Gasteiger partial charge < -0.3 is 9.16 Å². The van der Waals surface area contributed by atoms with Gasteiger partial charge in [-0.25, -0.2) is 0 Å². The second kappa shape index (κ2) is 12.2. The minimum atomic E-state index is -4.99. The maximum atomic E-state index is 13.3. The maximum Gasteiger partial charge on any atom is 0.416 e. The molecule has 0 spiro atoms. The average molecular weight is 550 g/mol. The molecule has 204 valence electrons. The summed E-state index contributed by atoms with van der Waals surface area (Å²) in [7, 11) is -2.46. The topological polar surface area (TPSA) is 61.6 Å². The summed E-state index contributed by atoms with van der Waals surface area (Å²) in [6.45, 7) is 4.89. The number of halogens is 6.